The second kappa shape index (κ2) is 5.44. The van der Waals surface area contributed by atoms with Gasteiger partial charge in [-0.3, -0.25) is 4.79 Å². The van der Waals surface area contributed by atoms with Crippen molar-refractivity contribution in [1.29, 1.82) is 0 Å². The van der Waals surface area contributed by atoms with E-state index in [0.717, 1.165) is 28.8 Å². The number of anilines is 1. The van der Waals surface area contributed by atoms with Crippen molar-refractivity contribution in [3.63, 3.8) is 0 Å². The zero-order valence-electron chi connectivity index (χ0n) is 12.7. The monoisotopic (exact) mass is 299 g/mol. The highest BCUT2D eigenvalue weighted by Gasteiger charge is 2.42. The van der Waals surface area contributed by atoms with Crippen LogP contribution in [-0.4, -0.2) is 19.6 Å². The van der Waals surface area contributed by atoms with E-state index in [2.05, 4.69) is 5.32 Å². The molecule has 0 aliphatic carbocycles. The third kappa shape index (κ3) is 2.45. The van der Waals surface area contributed by atoms with Gasteiger partial charge in [-0.05, 0) is 48.2 Å². The van der Waals surface area contributed by atoms with Crippen molar-refractivity contribution in [3.05, 3.63) is 65.0 Å². The number of ether oxygens (including phenoxy) is 1. The van der Waals surface area contributed by atoms with E-state index in [0.29, 0.717) is 6.54 Å². The Morgan fingerprint density at radius 3 is 2.59 bits per heavy atom. The molecular weight excluding hydrogens is 281 g/mol. The molecule has 1 N–H and O–H groups in total. The lowest BCUT2D eigenvalue weighted by atomic mass is 9.84. The van der Waals surface area contributed by atoms with Crippen LogP contribution in [-0.2, 0) is 21.4 Å². The predicted octanol–water partition coefficient (Wildman–Crippen LogP) is 3.27. The molecule has 0 bridgehead atoms. The third-order valence-electron chi connectivity index (χ3n) is 4.27. The van der Waals surface area contributed by atoms with Gasteiger partial charge in [0.25, 0.3) is 0 Å². The zero-order chi connectivity index (χ0) is 15.7. The summed E-state index contributed by atoms with van der Waals surface area (Å²) in [4.78, 5) is 12.0. The van der Waals surface area contributed by atoms with E-state index in [4.69, 9.17) is 4.74 Å². The number of carbonyl (C=O) groups excluding carboxylic acids is 1. The Morgan fingerprint density at radius 1 is 1.23 bits per heavy atom. The van der Waals surface area contributed by atoms with Gasteiger partial charge in [-0.2, -0.15) is 0 Å². The fraction of sp³-hybridized carbons (Fsp3) is 0.278. The number of methoxy groups -OCH3 is 1. The minimum Gasteiger partial charge on any atom is -0.468 e. The van der Waals surface area contributed by atoms with E-state index in [9.17, 15) is 9.18 Å². The molecule has 1 heterocycles. The van der Waals surface area contributed by atoms with Crippen LogP contribution in [0.2, 0.25) is 0 Å². The molecule has 2 aromatic carbocycles. The van der Waals surface area contributed by atoms with Gasteiger partial charge in [0.15, 0.2) is 0 Å². The Kier molecular flexibility index (Phi) is 3.61. The van der Waals surface area contributed by atoms with Crippen molar-refractivity contribution in [2.24, 2.45) is 0 Å². The third-order valence-corrected chi connectivity index (χ3v) is 4.27. The normalized spacial score (nSPS) is 19.4. The Hall–Kier alpha value is -2.36. The van der Waals surface area contributed by atoms with Crippen LogP contribution < -0.4 is 5.32 Å². The van der Waals surface area contributed by atoms with Gasteiger partial charge in [-0.1, -0.05) is 24.3 Å². The second-order valence-corrected chi connectivity index (χ2v) is 5.86. The maximum absolute atomic E-state index is 12.9. The van der Waals surface area contributed by atoms with Gasteiger partial charge in [-0.15, -0.1) is 0 Å². The molecular formula is C18H18FNO2. The van der Waals surface area contributed by atoms with Gasteiger partial charge in [0.2, 0.25) is 0 Å². The minimum atomic E-state index is -0.640. The van der Waals surface area contributed by atoms with Crippen molar-refractivity contribution < 1.29 is 13.9 Å². The molecule has 3 nitrogen and oxygen atoms in total. The molecule has 0 radical (unpaired) electrons. The summed E-state index contributed by atoms with van der Waals surface area (Å²) in [7, 11) is 1.41. The van der Waals surface area contributed by atoms with E-state index in [-0.39, 0.29) is 11.8 Å². The Bertz CT molecular complexity index is 712. The van der Waals surface area contributed by atoms with Crippen LogP contribution >= 0.6 is 0 Å². The summed E-state index contributed by atoms with van der Waals surface area (Å²) in [6.07, 6.45) is 0.726. The highest BCUT2D eigenvalue weighted by molar-refractivity contribution is 5.88. The molecule has 22 heavy (non-hydrogen) atoms. The number of esters is 1. The number of fused-ring (bicyclic) bond motifs is 1. The molecule has 0 saturated heterocycles. The predicted molar refractivity (Wildman–Crippen MR) is 83.5 cm³/mol. The van der Waals surface area contributed by atoms with Gasteiger partial charge in [-0.25, -0.2) is 4.39 Å². The average molecular weight is 299 g/mol. The molecule has 3 rings (SSSR count). The molecule has 0 fully saturated rings. The average Bonchev–Trinajstić information content (AvgIpc) is 2.87. The minimum absolute atomic E-state index is 0.229. The van der Waals surface area contributed by atoms with Crippen LogP contribution in [0.25, 0.3) is 0 Å². The standard InChI is InChI=1S/C18H18FNO2/c1-18(17(21)22-2)11-20-16-10-13(5-8-15(16)18)9-12-3-6-14(19)7-4-12/h3-8,10,20H,9,11H2,1-2H3. The van der Waals surface area contributed by atoms with Gasteiger partial charge in [0.1, 0.15) is 11.2 Å². The van der Waals surface area contributed by atoms with Crippen molar-refractivity contribution in [3.8, 4) is 0 Å². The first-order valence-electron chi connectivity index (χ1n) is 7.23. The van der Waals surface area contributed by atoms with Crippen molar-refractivity contribution in [2.75, 3.05) is 19.0 Å². The molecule has 4 heteroatoms. The van der Waals surface area contributed by atoms with Crippen LogP contribution in [0, 0.1) is 5.82 Å². The van der Waals surface area contributed by atoms with Crippen LogP contribution in [0.15, 0.2) is 42.5 Å². The number of benzene rings is 2. The molecule has 0 aromatic heterocycles. The van der Waals surface area contributed by atoms with Crippen molar-refractivity contribution in [2.45, 2.75) is 18.8 Å². The largest absolute Gasteiger partial charge is 0.468 e. The lowest BCUT2D eigenvalue weighted by molar-refractivity contribution is -0.146. The molecule has 2 aromatic rings. The van der Waals surface area contributed by atoms with E-state index in [1.165, 1.54) is 19.2 Å². The van der Waals surface area contributed by atoms with Crippen LogP contribution in [0.5, 0.6) is 0 Å². The lowest BCUT2D eigenvalue weighted by Crippen LogP contribution is -2.35. The van der Waals surface area contributed by atoms with Crippen molar-refractivity contribution >= 4 is 11.7 Å². The number of halogens is 1. The first-order valence-corrected chi connectivity index (χ1v) is 7.23. The van der Waals surface area contributed by atoms with Crippen LogP contribution in [0.1, 0.15) is 23.6 Å². The summed E-state index contributed by atoms with van der Waals surface area (Å²) in [5.41, 5.74) is 3.45. The summed E-state index contributed by atoms with van der Waals surface area (Å²) in [5.74, 6) is -0.460. The molecule has 114 valence electrons. The Morgan fingerprint density at radius 2 is 1.91 bits per heavy atom. The molecule has 1 aliphatic heterocycles. The highest BCUT2D eigenvalue weighted by Crippen LogP contribution is 2.38. The van der Waals surface area contributed by atoms with E-state index < -0.39 is 5.41 Å². The Balaban J connectivity index is 1.87. The zero-order valence-corrected chi connectivity index (χ0v) is 12.7. The first-order chi connectivity index (χ1) is 10.5. The highest BCUT2D eigenvalue weighted by atomic mass is 19.1. The van der Waals surface area contributed by atoms with E-state index in [1.807, 2.05) is 25.1 Å². The van der Waals surface area contributed by atoms with Gasteiger partial charge in [0, 0.05) is 12.2 Å². The summed E-state index contributed by atoms with van der Waals surface area (Å²) >= 11 is 0. The van der Waals surface area contributed by atoms with Crippen LogP contribution in [0.3, 0.4) is 0 Å². The number of nitrogens with one attached hydrogen (secondary N) is 1. The summed E-state index contributed by atoms with van der Waals surface area (Å²) in [5, 5.41) is 3.28. The number of carbonyl (C=O) groups is 1. The lowest BCUT2D eigenvalue weighted by Gasteiger charge is -2.20. The summed E-state index contributed by atoms with van der Waals surface area (Å²) < 4.78 is 17.9. The van der Waals surface area contributed by atoms with Gasteiger partial charge >= 0.3 is 5.97 Å². The quantitative estimate of drug-likeness (QED) is 0.884. The van der Waals surface area contributed by atoms with Crippen LogP contribution in [0.4, 0.5) is 10.1 Å². The fourth-order valence-corrected chi connectivity index (χ4v) is 2.94. The molecule has 1 unspecified atom stereocenters. The van der Waals surface area contributed by atoms with Gasteiger partial charge < -0.3 is 10.1 Å². The summed E-state index contributed by atoms with van der Waals surface area (Å²) in [6, 6.07) is 12.5. The molecule has 0 spiro atoms. The number of hydrogen-bond acceptors (Lipinski definition) is 3. The smallest absolute Gasteiger partial charge is 0.317 e. The fourth-order valence-electron chi connectivity index (χ4n) is 2.94. The molecule has 0 saturated carbocycles. The topological polar surface area (TPSA) is 38.3 Å². The van der Waals surface area contributed by atoms with Crippen molar-refractivity contribution in [1.82, 2.24) is 0 Å². The van der Waals surface area contributed by atoms with E-state index >= 15 is 0 Å². The summed E-state index contributed by atoms with van der Waals surface area (Å²) in [6.45, 7) is 2.42. The maximum atomic E-state index is 12.9. The number of rotatable bonds is 3. The number of hydrogen-bond donors (Lipinski definition) is 1. The van der Waals surface area contributed by atoms with E-state index in [1.54, 1.807) is 12.1 Å². The Labute approximate surface area is 129 Å². The molecule has 1 atom stereocenters. The molecule has 0 amide bonds. The molecule has 1 aliphatic rings. The second-order valence-electron chi connectivity index (χ2n) is 5.86. The maximum Gasteiger partial charge on any atom is 0.317 e. The first kappa shape index (κ1) is 14.6. The SMILES string of the molecule is COC(=O)C1(C)CNc2cc(Cc3ccc(F)cc3)ccc21. The van der Waals surface area contributed by atoms with Gasteiger partial charge in [0.05, 0.1) is 7.11 Å².